The van der Waals surface area contributed by atoms with E-state index in [-0.39, 0.29) is 6.04 Å². The Morgan fingerprint density at radius 1 is 0.950 bits per heavy atom. The topological polar surface area (TPSA) is 12.0 Å². The van der Waals surface area contributed by atoms with E-state index in [2.05, 4.69) is 83.1 Å². The molecule has 0 aliphatic rings. The summed E-state index contributed by atoms with van der Waals surface area (Å²) in [7, 11) is 0. The molecule has 3 heteroatoms. The number of nitrogens with one attached hydrogen (secondary N) is 1. The number of benzene rings is 2. The lowest BCUT2D eigenvalue weighted by molar-refractivity contribution is 0.861. The van der Waals surface area contributed by atoms with Crippen LogP contribution in [0.15, 0.2) is 39.3 Å². The Hall–Kier alpha value is -0.800. The normalized spacial score (nSPS) is 12.3. The summed E-state index contributed by atoms with van der Waals surface area (Å²) in [5.74, 6) is 0. The summed E-state index contributed by atoms with van der Waals surface area (Å²) in [6.45, 7) is 8.72. The van der Waals surface area contributed by atoms with Crippen molar-refractivity contribution >= 4 is 37.5 Å². The Balaban J connectivity index is 2.33. The number of hydrogen-bond donors (Lipinski definition) is 1. The first-order chi connectivity index (χ1) is 9.38. The van der Waals surface area contributed by atoms with Gasteiger partial charge in [0.2, 0.25) is 0 Å². The Bertz CT molecular complexity index is 612. The average molecular weight is 397 g/mol. The minimum Gasteiger partial charge on any atom is -0.378 e. The van der Waals surface area contributed by atoms with Crippen molar-refractivity contribution in [2.45, 2.75) is 33.7 Å². The van der Waals surface area contributed by atoms with Crippen LogP contribution in [-0.4, -0.2) is 0 Å². The summed E-state index contributed by atoms with van der Waals surface area (Å²) >= 11 is 7.12. The second kappa shape index (κ2) is 6.31. The lowest BCUT2D eigenvalue weighted by Crippen LogP contribution is -2.10. The Morgan fingerprint density at radius 3 is 2.15 bits per heavy atom. The van der Waals surface area contributed by atoms with Crippen molar-refractivity contribution in [1.29, 1.82) is 0 Å². The van der Waals surface area contributed by atoms with Gasteiger partial charge in [0, 0.05) is 15.0 Å². The lowest BCUT2D eigenvalue weighted by Gasteiger charge is -2.21. The molecular formula is C17H19Br2N. The molecule has 0 spiro atoms. The fourth-order valence-corrected chi connectivity index (χ4v) is 3.51. The van der Waals surface area contributed by atoms with Crippen molar-refractivity contribution in [1.82, 2.24) is 0 Å². The summed E-state index contributed by atoms with van der Waals surface area (Å²) < 4.78 is 2.16. The van der Waals surface area contributed by atoms with Crippen LogP contribution < -0.4 is 5.32 Å². The van der Waals surface area contributed by atoms with E-state index in [1.807, 2.05) is 12.1 Å². The molecule has 0 aliphatic heterocycles. The highest BCUT2D eigenvalue weighted by molar-refractivity contribution is 9.11. The average Bonchev–Trinajstić information content (AvgIpc) is 2.32. The van der Waals surface area contributed by atoms with Gasteiger partial charge in [-0.2, -0.15) is 0 Å². The minimum absolute atomic E-state index is 0.265. The van der Waals surface area contributed by atoms with Gasteiger partial charge in [-0.15, -0.1) is 0 Å². The van der Waals surface area contributed by atoms with Crippen LogP contribution in [0.4, 0.5) is 5.69 Å². The largest absolute Gasteiger partial charge is 0.378 e. The zero-order valence-corrected chi connectivity index (χ0v) is 15.4. The van der Waals surface area contributed by atoms with Crippen molar-refractivity contribution < 1.29 is 0 Å². The van der Waals surface area contributed by atoms with Crippen LogP contribution in [0.1, 0.15) is 35.2 Å². The number of halogens is 2. The zero-order valence-electron chi connectivity index (χ0n) is 12.2. The molecule has 0 bridgehead atoms. The highest BCUT2D eigenvalue weighted by atomic mass is 79.9. The standard InChI is InChI=1S/C17H19Br2N/c1-10-7-11(2)17(12(3)8-10)13(4)20-16-9-14(18)5-6-15(16)19/h5-9,13,20H,1-4H3. The van der Waals surface area contributed by atoms with Crippen LogP contribution in [0.3, 0.4) is 0 Å². The van der Waals surface area contributed by atoms with Gasteiger partial charge in [-0.05, 0) is 78.5 Å². The van der Waals surface area contributed by atoms with Gasteiger partial charge in [-0.25, -0.2) is 0 Å². The molecule has 0 aliphatic carbocycles. The number of aryl methyl sites for hydroxylation is 3. The van der Waals surface area contributed by atoms with E-state index in [1.165, 1.54) is 22.3 Å². The molecule has 2 rings (SSSR count). The molecule has 0 aromatic heterocycles. The Kier molecular flexibility index (Phi) is 4.92. The smallest absolute Gasteiger partial charge is 0.0500 e. The molecule has 0 amide bonds. The first-order valence-electron chi connectivity index (χ1n) is 6.68. The zero-order chi connectivity index (χ0) is 14.9. The van der Waals surface area contributed by atoms with Crippen molar-refractivity contribution in [3.8, 4) is 0 Å². The van der Waals surface area contributed by atoms with Crippen molar-refractivity contribution in [3.05, 3.63) is 61.5 Å². The molecule has 0 heterocycles. The predicted molar refractivity (Wildman–Crippen MR) is 94.5 cm³/mol. The van der Waals surface area contributed by atoms with E-state index >= 15 is 0 Å². The molecule has 0 saturated heterocycles. The summed E-state index contributed by atoms with van der Waals surface area (Å²) in [5.41, 5.74) is 6.48. The Labute approximate surface area is 138 Å². The summed E-state index contributed by atoms with van der Waals surface area (Å²) in [5, 5.41) is 3.59. The number of hydrogen-bond acceptors (Lipinski definition) is 1. The third-order valence-electron chi connectivity index (χ3n) is 3.47. The van der Waals surface area contributed by atoms with Crippen molar-refractivity contribution in [2.75, 3.05) is 5.32 Å². The van der Waals surface area contributed by atoms with Gasteiger partial charge in [0.25, 0.3) is 0 Å². The van der Waals surface area contributed by atoms with E-state index < -0.39 is 0 Å². The molecule has 20 heavy (non-hydrogen) atoms. The molecule has 0 radical (unpaired) electrons. The van der Waals surface area contributed by atoms with Gasteiger partial charge < -0.3 is 5.32 Å². The van der Waals surface area contributed by atoms with Gasteiger partial charge in [-0.1, -0.05) is 33.6 Å². The van der Waals surface area contributed by atoms with Gasteiger partial charge in [0.05, 0.1) is 5.69 Å². The number of rotatable bonds is 3. The van der Waals surface area contributed by atoms with Crippen LogP contribution in [0.5, 0.6) is 0 Å². The van der Waals surface area contributed by atoms with E-state index in [9.17, 15) is 0 Å². The van der Waals surface area contributed by atoms with Crippen LogP contribution in [0, 0.1) is 20.8 Å². The Morgan fingerprint density at radius 2 is 1.55 bits per heavy atom. The van der Waals surface area contributed by atoms with Gasteiger partial charge >= 0.3 is 0 Å². The SMILES string of the molecule is Cc1cc(C)c(C(C)Nc2cc(Br)ccc2Br)c(C)c1. The lowest BCUT2D eigenvalue weighted by atomic mass is 9.95. The fraction of sp³-hybridized carbons (Fsp3) is 0.294. The van der Waals surface area contributed by atoms with Crippen LogP contribution in [-0.2, 0) is 0 Å². The van der Waals surface area contributed by atoms with E-state index in [1.54, 1.807) is 0 Å². The summed E-state index contributed by atoms with van der Waals surface area (Å²) in [6.07, 6.45) is 0. The third-order valence-corrected chi connectivity index (χ3v) is 4.66. The predicted octanol–water partition coefficient (Wildman–Crippen LogP) is 6.31. The quantitative estimate of drug-likeness (QED) is 0.640. The maximum absolute atomic E-state index is 3.60. The molecule has 0 fully saturated rings. The molecule has 1 nitrogen and oxygen atoms in total. The minimum atomic E-state index is 0.265. The maximum Gasteiger partial charge on any atom is 0.0500 e. The molecule has 106 valence electrons. The molecule has 1 N–H and O–H groups in total. The monoisotopic (exact) mass is 395 g/mol. The number of anilines is 1. The van der Waals surface area contributed by atoms with Crippen LogP contribution >= 0.6 is 31.9 Å². The molecule has 0 saturated carbocycles. The van der Waals surface area contributed by atoms with Crippen LogP contribution in [0.2, 0.25) is 0 Å². The summed E-state index contributed by atoms with van der Waals surface area (Å²) in [6, 6.07) is 10.9. The first kappa shape index (κ1) is 15.6. The first-order valence-corrected chi connectivity index (χ1v) is 8.26. The van der Waals surface area contributed by atoms with E-state index in [0.717, 1.165) is 14.6 Å². The van der Waals surface area contributed by atoms with Crippen molar-refractivity contribution in [2.24, 2.45) is 0 Å². The highest BCUT2D eigenvalue weighted by Gasteiger charge is 2.13. The molecular weight excluding hydrogens is 378 g/mol. The fourth-order valence-electron chi connectivity index (χ4n) is 2.79. The van der Waals surface area contributed by atoms with Crippen LogP contribution in [0.25, 0.3) is 0 Å². The summed E-state index contributed by atoms with van der Waals surface area (Å²) in [4.78, 5) is 0. The third kappa shape index (κ3) is 3.44. The maximum atomic E-state index is 3.60. The van der Waals surface area contributed by atoms with Gasteiger partial charge in [0.15, 0.2) is 0 Å². The highest BCUT2D eigenvalue weighted by Crippen LogP contribution is 2.31. The van der Waals surface area contributed by atoms with Crippen molar-refractivity contribution in [3.63, 3.8) is 0 Å². The van der Waals surface area contributed by atoms with E-state index in [4.69, 9.17) is 0 Å². The molecule has 1 unspecified atom stereocenters. The van der Waals surface area contributed by atoms with E-state index in [0.29, 0.717) is 0 Å². The molecule has 2 aromatic rings. The van der Waals surface area contributed by atoms with Gasteiger partial charge in [0.1, 0.15) is 0 Å². The molecule has 1 atom stereocenters. The second-order valence-corrected chi connectivity index (χ2v) is 7.07. The second-order valence-electron chi connectivity index (χ2n) is 5.30. The molecule has 2 aromatic carbocycles. The van der Waals surface area contributed by atoms with Gasteiger partial charge in [-0.3, -0.25) is 0 Å².